The molecule has 2 heterocycles. The lowest BCUT2D eigenvalue weighted by atomic mass is 10.0. The van der Waals surface area contributed by atoms with Crippen molar-refractivity contribution in [3.05, 3.63) is 57.8 Å². The van der Waals surface area contributed by atoms with Crippen LogP contribution in [-0.2, 0) is 17.6 Å². The molecule has 1 aliphatic heterocycles. The van der Waals surface area contributed by atoms with Crippen molar-refractivity contribution in [1.82, 2.24) is 5.32 Å². The van der Waals surface area contributed by atoms with Crippen LogP contribution in [0.15, 0.2) is 52.0 Å². The highest BCUT2D eigenvalue weighted by Crippen LogP contribution is 2.23. The smallest absolute Gasteiger partial charge is 0.239 e. The highest BCUT2D eigenvalue weighted by molar-refractivity contribution is 8.15. The fourth-order valence-electron chi connectivity index (χ4n) is 2.53. The van der Waals surface area contributed by atoms with E-state index in [-0.39, 0.29) is 11.2 Å². The maximum Gasteiger partial charge on any atom is 0.239 e. The van der Waals surface area contributed by atoms with Crippen LogP contribution in [0.4, 0.5) is 0 Å². The van der Waals surface area contributed by atoms with E-state index in [1.165, 1.54) is 35.7 Å². The molecule has 1 N–H and O–H groups in total. The summed E-state index contributed by atoms with van der Waals surface area (Å²) >= 11 is 3.05. The number of amidine groups is 1. The van der Waals surface area contributed by atoms with Crippen molar-refractivity contribution in [1.29, 1.82) is 0 Å². The van der Waals surface area contributed by atoms with Crippen molar-refractivity contribution in [3.8, 4) is 0 Å². The van der Waals surface area contributed by atoms with Crippen LogP contribution < -0.4 is 5.32 Å². The van der Waals surface area contributed by atoms with Gasteiger partial charge in [-0.1, -0.05) is 55.4 Å². The summed E-state index contributed by atoms with van der Waals surface area (Å²) in [4.78, 5) is 13.2. The normalized spacial score (nSPS) is 19.0. The number of unbranched alkanes of at least 4 members (excludes halogenated alkanes) is 1. The van der Waals surface area contributed by atoms with Crippen LogP contribution in [0.1, 0.15) is 35.8 Å². The Morgan fingerprint density at radius 1 is 1.20 bits per heavy atom. The first kappa shape index (κ1) is 17.9. The first-order valence-corrected chi connectivity index (χ1v) is 10.2. The van der Waals surface area contributed by atoms with E-state index < -0.39 is 0 Å². The number of hydrogen-bond acceptors (Lipinski definition) is 5. The number of amides is 1. The second kappa shape index (κ2) is 8.97. The SMILES string of the molecule is CCCCc1ccc(C[C@H]2S/C(=N\N=C/c3cccs3)NC2=O)cc1. The Balaban J connectivity index is 1.55. The third-order valence-corrected chi connectivity index (χ3v) is 5.80. The van der Waals surface area contributed by atoms with E-state index >= 15 is 0 Å². The standard InChI is InChI=1S/C19H21N3OS2/c1-2-3-5-14-7-9-15(10-8-14)12-17-18(23)21-19(25-17)22-20-13-16-6-4-11-24-16/h4,6-11,13,17H,2-3,5,12H2,1H3,(H,21,22,23)/b20-13-/t17-/m1/s1. The number of aryl methyl sites for hydroxylation is 1. The summed E-state index contributed by atoms with van der Waals surface area (Å²) in [5.41, 5.74) is 2.54. The van der Waals surface area contributed by atoms with Crippen LogP contribution >= 0.6 is 23.1 Å². The average Bonchev–Trinajstić information content (AvgIpc) is 3.25. The minimum absolute atomic E-state index is 0.00475. The molecule has 0 unspecified atom stereocenters. The number of nitrogens with one attached hydrogen (secondary N) is 1. The monoisotopic (exact) mass is 371 g/mol. The van der Waals surface area contributed by atoms with Crippen LogP contribution in [0.3, 0.4) is 0 Å². The van der Waals surface area contributed by atoms with Gasteiger partial charge in [0.05, 0.1) is 11.5 Å². The zero-order valence-corrected chi connectivity index (χ0v) is 15.8. The van der Waals surface area contributed by atoms with Gasteiger partial charge in [0.1, 0.15) is 0 Å². The van der Waals surface area contributed by atoms with Crippen LogP contribution in [-0.4, -0.2) is 22.5 Å². The largest absolute Gasteiger partial charge is 0.303 e. The zero-order chi connectivity index (χ0) is 17.5. The van der Waals surface area contributed by atoms with Gasteiger partial charge in [-0.2, -0.15) is 5.10 Å². The molecule has 130 valence electrons. The highest BCUT2D eigenvalue weighted by Gasteiger charge is 2.30. The molecule has 1 aromatic carbocycles. The lowest BCUT2D eigenvalue weighted by Crippen LogP contribution is -2.25. The van der Waals surface area contributed by atoms with Crippen LogP contribution in [0.2, 0.25) is 0 Å². The van der Waals surface area contributed by atoms with Crippen LogP contribution in [0.25, 0.3) is 0 Å². The van der Waals surface area contributed by atoms with Crippen molar-refractivity contribution in [2.24, 2.45) is 10.2 Å². The summed E-state index contributed by atoms with van der Waals surface area (Å²) in [6.07, 6.45) is 5.95. The molecule has 1 aromatic heterocycles. The van der Waals surface area contributed by atoms with Gasteiger partial charge in [-0.3, -0.25) is 4.79 Å². The zero-order valence-electron chi connectivity index (χ0n) is 14.1. The highest BCUT2D eigenvalue weighted by atomic mass is 32.2. The summed E-state index contributed by atoms with van der Waals surface area (Å²) in [7, 11) is 0. The first-order chi connectivity index (χ1) is 12.2. The lowest BCUT2D eigenvalue weighted by molar-refractivity contribution is -0.118. The Kier molecular flexibility index (Phi) is 6.42. The molecule has 0 bridgehead atoms. The minimum Gasteiger partial charge on any atom is -0.303 e. The van der Waals surface area contributed by atoms with Crippen molar-refractivity contribution >= 4 is 40.4 Å². The second-order valence-electron chi connectivity index (χ2n) is 5.89. The fraction of sp³-hybridized carbons (Fsp3) is 0.316. The number of nitrogens with zero attached hydrogens (tertiary/aromatic N) is 2. The van der Waals surface area contributed by atoms with Gasteiger partial charge in [0.2, 0.25) is 5.91 Å². The third-order valence-electron chi connectivity index (χ3n) is 3.92. The first-order valence-electron chi connectivity index (χ1n) is 8.44. The van der Waals surface area contributed by atoms with Gasteiger partial charge in [-0.15, -0.1) is 16.4 Å². The van der Waals surface area contributed by atoms with Gasteiger partial charge in [0, 0.05) is 4.88 Å². The third kappa shape index (κ3) is 5.28. The number of carbonyl (C=O) groups is 1. The molecule has 0 spiro atoms. The predicted octanol–water partition coefficient (Wildman–Crippen LogP) is 4.25. The van der Waals surface area contributed by atoms with E-state index in [0.29, 0.717) is 11.6 Å². The molecule has 0 radical (unpaired) electrons. The van der Waals surface area contributed by atoms with Crippen LogP contribution in [0.5, 0.6) is 0 Å². The van der Waals surface area contributed by atoms with E-state index in [2.05, 4.69) is 46.7 Å². The molecule has 0 aliphatic carbocycles. The molecule has 25 heavy (non-hydrogen) atoms. The summed E-state index contributed by atoms with van der Waals surface area (Å²) in [6.45, 7) is 2.20. The van der Waals surface area contributed by atoms with Crippen molar-refractivity contribution < 1.29 is 4.79 Å². The quantitative estimate of drug-likeness (QED) is 0.584. The Labute approximate surface area is 156 Å². The molecule has 3 rings (SSSR count). The molecule has 4 nitrogen and oxygen atoms in total. The molecular weight excluding hydrogens is 350 g/mol. The topological polar surface area (TPSA) is 53.8 Å². The van der Waals surface area contributed by atoms with Gasteiger partial charge in [0.15, 0.2) is 5.17 Å². The van der Waals surface area contributed by atoms with Crippen molar-refractivity contribution in [2.45, 2.75) is 37.9 Å². The molecule has 0 saturated carbocycles. The number of hydrogen-bond donors (Lipinski definition) is 1. The molecular formula is C19H21N3OS2. The van der Waals surface area contributed by atoms with Crippen molar-refractivity contribution in [3.63, 3.8) is 0 Å². The number of benzene rings is 1. The maximum absolute atomic E-state index is 12.1. The summed E-state index contributed by atoms with van der Waals surface area (Å²) in [5.74, 6) is 0.00475. The van der Waals surface area contributed by atoms with Gasteiger partial charge in [-0.25, -0.2) is 0 Å². The lowest BCUT2D eigenvalue weighted by Gasteiger charge is -2.06. The maximum atomic E-state index is 12.1. The molecule has 1 amide bonds. The Bertz CT molecular complexity index is 751. The Morgan fingerprint density at radius 3 is 2.72 bits per heavy atom. The van der Waals surface area contributed by atoms with E-state index in [4.69, 9.17) is 0 Å². The molecule has 2 aromatic rings. The average molecular weight is 372 g/mol. The molecule has 1 fully saturated rings. The van der Waals surface area contributed by atoms with E-state index in [0.717, 1.165) is 11.3 Å². The fourth-order valence-corrected chi connectivity index (χ4v) is 4.07. The molecule has 1 atom stereocenters. The molecule has 1 aliphatic rings. The van der Waals surface area contributed by atoms with Gasteiger partial charge >= 0.3 is 0 Å². The van der Waals surface area contributed by atoms with Gasteiger partial charge < -0.3 is 5.32 Å². The number of thiophene rings is 1. The second-order valence-corrected chi connectivity index (χ2v) is 8.06. The van der Waals surface area contributed by atoms with E-state index in [1.54, 1.807) is 17.6 Å². The van der Waals surface area contributed by atoms with Crippen LogP contribution in [0, 0.1) is 0 Å². The number of rotatable bonds is 7. The number of carbonyl (C=O) groups excluding carboxylic acids is 1. The number of thioether (sulfide) groups is 1. The summed E-state index contributed by atoms with van der Waals surface area (Å²) in [5, 5.41) is 13.4. The molecule has 6 heteroatoms. The summed E-state index contributed by atoms with van der Waals surface area (Å²) < 4.78 is 0. The predicted molar refractivity (Wildman–Crippen MR) is 108 cm³/mol. The Morgan fingerprint density at radius 2 is 2.00 bits per heavy atom. The minimum atomic E-state index is -0.142. The van der Waals surface area contributed by atoms with Crippen molar-refractivity contribution in [2.75, 3.05) is 0 Å². The van der Waals surface area contributed by atoms with E-state index in [9.17, 15) is 4.79 Å². The molecule has 1 saturated heterocycles. The van der Waals surface area contributed by atoms with Gasteiger partial charge in [-0.05, 0) is 41.8 Å². The Hall–Kier alpha value is -1.92. The van der Waals surface area contributed by atoms with Gasteiger partial charge in [0.25, 0.3) is 0 Å². The van der Waals surface area contributed by atoms with E-state index in [1.807, 2.05) is 17.5 Å². The summed E-state index contributed by atoms with van der Waals surface area (Å²) in [6, 6.07) is 12.5.